The van der Waals surface area contributed by atoms with Crippen molar-refractivity contribution in [1.82, 2.24) is 20.0 Å². The van der Waals surface area contributed by atoms with Crippen molar-refractivity contribution >= 4 is 11.9 Å². The molecule has 0 bridgehead atoms. The fraction of sp³-hybridized carbons (Fsp3) is 0.421. The third kappa shape index (κ3) is 4.22. The highest BCUT2D eigenvalue weighted by molar-refractivity contribution is 5.95. The van der Waals surface area contributed by atoms with Crippen LogP contribution in [-0.2, 0) is 13.5 Å². The Morgan fingerprint density at radius 2 is 2.08 bits per heavy atom. The minimum Gasteiger partial charge on any atom is -0.352 e. The molecular weight excluding hydrogens is 330 g/mol. The second-order valence-corrected chi connectivity index (χ2v) is 6.79. The first-order valence-electron chi connectivity index (χ1n) is 8.92. The molecule has 26 heavy (non-hydrogen) atoms. The van der Waals surface area contributed by atoms with Crippen molar-refractivity contribution in [3.05, 3.63) is 53.3 Å². The summed E-state index contributed by atoms with van der Waals surface area (Å²) < 4.78 is 1.75. The largest absolute Gasteiger partial charge is 0.352 e. The number of benzene rings is 1. The van der Waals surface area contributed by atoms with Crippen LogP contribution in [-0.4, -0.2) is 46.3 Å². The Morgan fingerprint density at radius 1 is 1.31 bits per heavy atom. The molecule has 1 fully saturated rings. The van der Waals surface area contributed by atoms with Gasteiger partial charge >= 0.3 is 6.03 Å². The van der Waals surface area contributed by atoms with Gasteiger partial charge in [-0.1, -0.05) is 30.3 Å². The summed E-state index contributed by atoms with van der Waals surface area (Å²) in [5.74, 6) is 0.106. The number of hydrogen-bond donors (Lipinski definition) is 2. The number of hydrogen-bond acceptors (Lipinski definition) is 3. The molecule has 7 heteroatoms. The van der Waals surface area contributed by atoms with Gasteiger partial charge in [0, 0.05) is 33.1 Å². The average molecular weight is 355 g/mol. The summed E-state index contributed by atoms with van der Waals surface area (Å²) in [4.78, 5) is 25.6. The van der Waals surface area contributed by atoms with Gasteiger partial charge in [-0.05, 0) is 24.3 Å². The smallest absolute Gasteiger partial charge is 0.314 e. The molecule has 1 aliphatic heterocycles. The lowest BCUT2D eigenvalue weighted by atomic mass is 9.98. The minimum atomic E-state index is -0.390. The first-order chi connectivity index (χ1) is 12.5. The molecule has 3 N–H and O–H groups in total. The van der Waals surface area contributed by atoms with Crippen molar-refractivity contribution in [2.45, 2.75) is 19.3 Å². The van der Waals surface area contributed by atoms with Gasteiger partial charge < -0.3 is 16.0 Å². The second kappa shape index (κ2) is 8.03. The summed E-state index contributed by atoms with van der Waals surface area (Å²) in [6.45, 7) is 1.82. The number of carbonyl (C=O) groups is 2. The molecule has 1 unspecified atom stereocenters. The van der Waals surface area contributed by atoms with E-state index in [1.165, 1.54) is 0 Å². The number of urea groups is 1. The summed E-state index contributed by atoms with van der Waals surface area (Å²) in [5.41, 5.74) is 7.98. The molecule has 2 heterocycles. The Morgan fingerprint density at radius 3 is 2.81 bits per heavy atom. The Balaban J connectivity index is 1.62. The zero-order valence-electron chi connectivity index (χ0n) is 15.0. The Kier molecular flexibility index (Phi) is 5.55. The van der Waals surface area contributed by atoms with Gasteiger partial charge in [-0.2, -0.15) is 5.10 Å². The average Bonchev–Trinajstić information content (AvgIpc) is 3.01. The standard InChI is InChI=1S/C19H25N5O2/c1-23-17(10-14-6-3-2-4-7-14)16(12-22-23)18(25)21-11-15-8-5-9-24(13-15)19(20)26/h2-4,6-7,12,15H,5,8-11,13H2,1H3,(H2,20,26)(H,21,25). The van der Waals surface area contributed by atoms with Crippen LogP contribution in [0.25, 0.3) is 0 Å². The van der Waals surface area contributed by atoms with E-state index in [4.69, 9.17) is 5.73 Å². The molecule has 0 radical (unpaired) electrons. The third-order valence-electron chi connectivity index (χ3n) is 4.90. The minimum absolute atomic E-state index is 0.125. The third-order valence-corrected chi connectivity index (χ3v) is 4.90. The van der Waals surface area contributed by atoms with E-state index in [1.807, 2.05) is 37.4 Å². The molecule has 1 aliphatic rings. The van der Waals surface area contributed by atoms with E-state index in [-0.39, 0.29) is 11.8 Å². The summed E-state index contributed by atoms with van der Waals surface area (Å²) in [6.07, 6.45) is 4.16. The van der Waals surface area contributed by atoms with Crippen LogP contribution in [0.3, 0.4) is 0 Å². The predicted octanol–water partition coefficient (Wildman–Crippen LogP) is 1.53. The molecule has 138 valence electrons. The van der Waals surface area contributed by atoms with E-state index in [9.17, 15) is 9.59 Å². The number of primary amides is 1. The molecule has 3 rings (SSSR count). The van der Waals surface area contributed by atoms with Gasteiger partial charge in [0.15, 0.2) is 0 Å². The molecule has 0 aliphatic carbocycles. The second-order valence-electron chi connectivity index (χ2n) is 6.79. The van der Waals surface area contributed by atoms with Gasteiger partial charge in [-0.15, -0.1) is 0 Å². The quantitative estimate of drug-likeness (QED) is 0.852. The Bertz CT molecular complexity index is 771. The van der Waals surface area contributed by atoms with Crippen LogP contribution in [0.4, 0.5) is 4.79 Å². The van der Waals surface area contributed by atoms with Crippen molar-refractivity contribution in [1.29, 1.82) is 0 Å². The zero-order valence-corrected chi connectivity index (χ0v) is 15.0. The van der Waals surface area contributed by atoms with Crippen molar-refractivity contribution < 1.29 is 9.59 Å². The lowest BCUT2D eigenvalue weighted by Crippen LogP contribution is -2.45. The van der Waals surface area contributed by atoms with Crippen molar-refractivity contribution in [2.24, 2.45) is 18.7 Å². The van der Waals surface area contributed by atoms with E-state index in [0.29, 0.717) is 31.6 Å². The maximum atomic E-state index is 12.7. The molecule has 1 aromatic heterocycles. The van der Waals surface area contributed by atoms with Crippen LogP contribution in [0.2, 0.25) is 0 Å². The lowest BCUT2D eigenvalue weighted by Gasteiger charge is -2.31. The molecule has 0 saturated carbocycles. The summed E-state index contributed by atoms with van der Waals surface area (Å²) in [6, 6.07) is 9.63. The van der Waals surface area contributed by atoms with Crippen molar-refractivity contribution in [3.8, 4) is 0 Å². The van der Waals surface area contributed by atoms with E-state index >= 15 is 0 Å². The van der Waals surface area contributed by atoms with Crippen molar-refractivity contribution in [2.75, 3.05) is 19.6 Å². The lowest BCUT2D eigenvalue weighted by molar-refractivity contribution is 0.0937. The number of aryl methyl sites for hydroxylation is 1. The topological polar surface area (TPSA) is 93.2 Å². The van der Waals surface area contributed by atoms with E-state index in [1.54, 1.807) is 15.8 Å². The summed E-state index contributed by atoms with van der Waals surface area (Å²) >= 11 is 0. The van der Waals surface area contributed by atoms with E-state index in [0.717, 1.165) is 24.1 Å². The van der Waals surface area contributed by atoms with Crippen molar-refractivity contribution in [3.63, 3.8) is 0 Å². The fourth-order valence-electron chi connectivity index (χ4n) is 3.42. The number of rotatable bonds is 5. The number of aromatic nitrogens is 2. The Labute approximate surface area is 153 Å². The number of nitrogens with one attached hydrogen (secondary N) is 1. The van der Waals surface area contributed by atoms with Gasteiger partial charge in [-0.3, -0.25) is 9.48 Å². The zero-order chi connectivity index (χ0) is 18.5. The highest BCUT2D eigenvalue weighted by Crippen LogP contribution is 2.17. The highest BCUT2D eigenvalue weighted by Gasteiger charge is 2.23. The maximum absolute atomic E-state index is 12.7. The number of nitrogens with two attached hydrogens (primary N) is 1. The van der Waals surface area contributed by atoms with E-state index < -0.39 is 6.03 Å². The Hall–Kier alpha value is -2.83. The molecule has 1 saturated heterocycles. The first kappa shape index (κ1) is 18.0. The fourth-order valence-corrected chi connectivity index (χ4v) is 3.42. The number of nitrogens with zero attached hydrogens (tertiary/aromatic N) is 3. The molecule has 7 nitrogen and oxygen atoms in total. The number of piperidine rings is 1. The van der Waals surface area contributed by atoms with Gasteiger partial charge in [-0.25, -0.2) is 4.79 Å². The summed E-state index contributed by atoms with van der Waals surface area (Å²) in [7, 11) is 1.85. The van der Waals surface area contributed by atoms with Gasteiger partial charge in [0.25, 0.3) is 5.91 Å². The van der Waals surface area contributed by atoms with Crippen LogP contribution in [0, 0.1) is 5.92 Å². The van der Waals surface area contributed by atoms with Gasteiger partial charge in [0.2, 0.25) is 0 Å². The number of likely N-dealkylation sites (tertiary alicyclic amines) is 1. The molecule has 0 spiro atoms. The van der Waals surface area contributed by atoms with E-state index in [2.05, 4.69) is 10.4 Å². The highest BCUT2D eigenvalue weighted by atomic mass is 16.2. The molecule has 3 amide bonds. The molecular formula is C19H25N5O2. The number of amides is 3. The molecule has 1 atom stereocenters. The summed E-state index contributed by atoms with van der Waals surface area (Å²) in [5, 5.41) is 7.25. The van der Waals surface area contributed by atoms with Crippen LogP contribution < -0.4 is 11.1 Å². The van der Waals surface area contributed by atoms with Gasteiger partial charge in [0.1, 0.15) is 0 Å². The van der Waals surface area contributed by atoms with Crippen LogP contribution in [0.1, 0.15) is 34.5 Å². The molecule has 1 aromatic carbocycles. The molecule has 2 aromatic rings. The predicted molar refractivity (Wildman–Crippen MR) is 98.7 cm³/mol. The maximum Gasteiger partial charge on any atom is 0.314 e. The van der Waals surface area contributed by atoms with Crippen LogP contribution >= 0.6 is 0 Å². The SMILES string of the molecule is Cn1ncc(C(=O)NCC2CCCN(C(N)=O)C2)c1Cc1ccccc1. The van der Waals surface area contributed by atoms with Crippen LogP contribution in [0.15, 0.2) is 36.5 Å². The van der Waals surface area contributed by atoms with Gasteiger partial charge in [0.05, 0.1) is 17.5 Å². The monoisotopic (exact) mass is 355 g/mol. The number of carbonyl (C=O) groups excluding carboxylic acids is 2. The van der Waals surface area contributed by atoms with Crippen LogP contribution in [0.5, 0.6) is 0 Å². The normalized spacial score (nSPS) is 17.1. The first-order valence-corrected chi connectivity index (χ1v) is 8.92.